The molecule has 0 aliphatic carbocycles. The standard InChI is InChI=1S/C11H11BrF2INO2/c12-9-2-1-7(15)5-8(9)11(17)16-3-4-18-6-10(13)14/h1-2,5,10H,3-4,6H2,(H,16,17). The first-order valence-electron chi connectivity index (χ1n) is 5.10. The lowest BCUT2D eigenvalue weighted by Crippen LogP contribution is -2.28. The molecule has 0 radical (unpaired) electrons. The van der Waals surface area contributed by atoms with E-state index in [9.17, 15) is 13.6 Å². The third-order valence-electron chi connectivity index (χ3n) is 1.95. The van der Waals surface area contributed by atoms with Crippen LogP contribution in [-0.4, -0.2) is 32.1 Å². The number of alkyl halides is 2. The molecule has 0 saturated carbocycles. The molecule has 1 rings (SSSR count). The Morgan fingerprint density at radius 3 is 2.89 bits per heavy atom. The molecule has 0 bridgehead atoms. The Kier molecular flexibility index (Phi) is 7.02. The average Bonchev–Trinajstić information content (AvgIpc) is 2.31. The number of carbonyl (C=O) groups excluding carboxylic acids is 1. The molecule has 0 fully saturated rings. The van der Waals surface area contributed by atoms with Crippen molar-refractivity contribution in [2.24, 2.45) is 0 Å². The highest BCUT2D eigenvalue weighted by atomic mass is 127. The van der Waals surface area contributed by atoms with Crippen molar-refractivity contribution in [3.8, 4) is 0 Å². The molecule has 1 aromatic rings. The van der Waals surface area contributed by atoms with Crippen LogP contribution in [0.3, 0.4) is 0 Å². The van der Waals surface area contributed by atoms with Crippen molar-refractivity contribution >= 4 is 44.4 Å². The predicted molar refractivity (Wildman–Crippen MR) is 76.0 cm³/mol. The minimum absolute atomic E-state index is 0.0671. The van der Waals surface area contributed by atoms with Crippen LogP contribution in [-0.2, 0) is 4.74 Å². The zero-order valence-corrected chi connectivity index (χ0v) is 13.0. The molecule has 18 heavy (non-hydrogen) atoms. The highest BCUT2D eigenvalue weighted by Gasteiger charge is 2.10. The van der Waals surface area contributed by atoms with Gasteiger partial charge in [-0.15, -0.1) is 0 Å². The van der Waals surface area contributed by atoms with Crippen molar-refractivity contribution in [2.75, 3.05) is 19.8 Å². The van der Waals surface area contributed by atoms with E-state index in [1.54, 1.807) is 12.1 Å². The molecule has 1 aromatic carbocycles. The predicted octanol–water partition coefficient (Wildman–Crippen LogP) is 3.07. The summed E-state index contributed by atoms with van der Waals surface area (Å²) >= 11 is 5.38. The van der Waals surface area contributed by atoms with Crippen molar-refractivity contribution in [1.29, 1.82) is 0 Å². The van der Waals surface area contributed by atoms with Gasteiger partial charge in [0.25, 0.3) is 12.3 Å². The van der Waals surface area contributed by atoms with E-state index in [4.69, 9.17) is 0 Å². The summed E-state index contributed by atoms with van der Waals surface area (Å²) in [6, 6.07) is 5.39. The second-order valence-electron chi connectivity index (χ2n) is 3.35. The van der Waals surface area contributed by atoms with Gasteiger partial charge in [-0.05, 0) is 56.7 Å². The Labute approximate surface area is 126 Å². The molecular formula is C11H11BrF2INO2. The van der Waals surface area contributed by atoms with Crippen molar-refractivity contribution in [3.05, 3.63) is 31.8 Å². The monoisotopic (exact) mass is 433 g/mol. The molecule has 1 N–H and O–H groups in total. The van der Waals surface area contributed by atoms with Gasteiger partial charge in [-0.25, -0.2) is 8.78 Å². The van der Waals surface area contributed by atoms with Crippen LogP contribution in [0.4, 0.5) is 8.78 Å². The van der Waals surface area contributed by atoms with Crippen molar-refractivity contribution in [3.63, 3.8) is 0 Å². The van der Waals surface area contributed by atoms with Crippen LogP contribution in [0.25, 0.3) is 0 Å². The van der Waals surface area contributed by atoms with E-state index in [1.165, 1.54) is 0 Å². The summed E-state index contributed by atoms with van der Waals surface area (Å²) in [6.07, 6.45) is -2.48. The fourth-order valence-electron chi connectivity index (χ4n) is 1.18. The van der Waals surface area contributed by atoms with Crippen molar-refractivity contribution in [2.45, 2.75) is 6.43 Å². The van der Waals surface area contributed by atoms with Crippen LogP contribution in [0.15, 0.2) is 22.7 Å². The SMILES string of the molecule is O=C(NCCOCC(F)F)c1cc(I)ccc1Br. The molecule has 0 unspecified atom stereocenters. The van der Waals surface area contributed by atoms with E-state index < -0.39 is 13.0 Å². The molecule has 0 aromatic heterocycles. The summed E-state index contributed by atoms with van der Waals surface area (Å²) < 4.78 is 29.8. The molecule has 3 nitrogen and oxygen atoms in total. The molecule has 1 amide bonds. The number of nitrogens with one attached hydrogen (secondary N) is 1. The molecule has 100 valence electrons. The van der Waals surface area contributed by atoms with Gasteiger partial charge in [-0.3, -0.25) is 4.79 Å². The highest BCUT2D eigenvalue weighted by Crippen LogP contribution is 2.19. The summed E-state index contributed by atoms with van der Waals surface area (Å²) in [7, 11) is 0. The molecule has 0 aliphatic heterocycles. The van der Waals surface area contributed by atoms with Gasteiger partial charge < -0.3 is 10.1 Å². The number of carbonyl (C=O) groups is 1. The first-order chi connectivity index (χ1) is 8.50. The van der Waals surface area contributed by atoms with Crippen LogP contribution >= 0.6 is 38.5 Å². The first-order valence-corrected chi connectivity index (χ1v) is 6.97. The lowest BCUT2D eigenvalue weighted by molar-refractivity contribution is 0.0188. The fourth-order valence-corrected chi connectivity index (χ4v) is 2.09. The third kappa shape index (κ3) is 5.57. The zero-order valence-electron chi connectivity index (χ0n) is 9.26. The number of hydrogen-bond acceptors (Lipinski definition) is 2. The number of benzene rings is 1. The van der Waals surface area contributed by atoms with Gasteiger partial charge in [0.1, 0.15) is 6.61 Å². The summed E-state index contributed by atoms with van der Waals surface area (Å²) in [5, 5.41) is 2.60. The van der Waals surface area contributed by atoms with Crippen molar-refractivity contribution < 1.29 is 18.3 Å². The van der Waals surface area contributed by atoms with Gasteiger partial charge in [-0.1, -0.05) is 0 Å². The lowest BCUT2D eigenvalue weighted by Gasteiger charge is -2.08. The molecule has 0 saturated heterocycles. The Bertz CT molecular complexity index is 418. The summed E-state index contributed by atoms with van der Waals surface area (Å²) in [6.45, 7) is -0.343. The summed E-state index contributed by atoms with van der Waals surface area (Å²) in [5.74, 6) is -0.263. The molecule has 0 atom stereocenters. The smallest absolute Gasteiger partial charge is 0.261 e. The topological polar surface area (TPSA) is 38.3 Å². The highest BCUT2D eigenvalue weighted by molar-refractivity contribution is 14.1. The van der Waals surface area contributed by atoms with Gasteiger partial charge in [0, 0.05) is 14.6 Å². The summed E-state index contributed by atoms with van der Waals surface area (Å²) in [4.78, 5) is 11.8. The lowest BCUT2D eigenvalue weighted by atomic mass is 10.2. The third-order valence-corrected chi connectivity index (χ3v) is 3.31. The molecule has 0 spiro atoms. The van der Waals surface area contributed by atoms with Crippen LogP contribution in [0.1, 0.15) is 10.4 Å². The zero-order chi connectivity index (χ0) is 13.5. The van der Waals surface area contributed by atoms with Crippen LogP contribution in [0.5, 0.6) is 0 Å². The fraction of sp³-hybridized carbons (Fsp3) is 0.364. The Hall–Kier alpha value is -0.280. The minimum atomic E-state index is -2.48. The van der Waals surface area contributed by atoms with Gasteiger partial charge in [-0.2, -0.15) is 0 Å². The number of amides is 1. The van der Waals surface area contributed by atoms with E-state index in [0.29, 0.717) is 10.0 Å². The second-order valence-corrected chi connectivity index (χ2v) is 5.45. The normalized spacial score (nSPS) is 10.7. The maximum absolute atomic E-state index is 11.8. The quantitative estimate of drug-likeness (QED) is 0.553. The Morgan fingerprint density at radius 1 is 1.50 bits per heavy atom. The minimum Gasteiger partial charge on any atom is -0.374 e. The summed E-state index contributed by atoms with van der Waals surface area (Å²) in [5.41, 5.74) is 0.510. The van der Waals surface area contributed by atoms with Crippen LogP contribution < -0.4 is 5.32 Å². The molecular weight excluding hydrogens is 423 g/mol. The maximum atomic E-state index is 11.8. The van der Waals surface area contributed by atoms with E-state index >= 15 is 0 Å². The van der Waals surface area contributed by atoms with E-state index in [2.05, 4.69) is 48.6 Å². The van der Waals surface area contributed by atoms with E-state index in [1.807, 2.05) is 6.07 Å². The number of halogens is 4. The van der Waals surface area contributed by atoms with Gasteiger partial charge >= 0.3 is 0 Å². The van der Waals surface area contributed by atoms with Crippen LogP contribution in [0.2, 0.25) is 0 Å². The maximum Gasteiger partial charge on any atom is 0.261 e. The number of hydrogen-bond donors (Lipinski definition) is 1. The number of rotatable bonds is 6. The van der Waals surface area contributed by atoms with Gasteiger partial charge in [0.15, 0.2) is 0 Å². The first kappa shape index (κ1) is 15.8. The largest absolute Gasteiger partial charge is 0.374 e. The van der Waals surface area contributed by atoms with Gasteiger partial charge in [0.05, 0.1) is 12.2 Å². The Morgan fingerprint density at radius 2 is 2.22 bits per heavy atom. The van der Waals surface area contributed by atoms with E-state index in [-0.39, 0.29) is 19.1 Å². The van der Waals surface area contributed by atoms with Crippen molar-refractivity contribution in [1.82, 2.24) is 5.32 Å². The molecule has 0 aliphatic rings. The van der Waals surface area contributed by atoms with E-state index in [0.717, 1.165) is 3.57 Å². The second kappa shape index (κ2) is 8.00. The Balaban J connectivity index is 2.39. The average molecular weight is 434 g/mol. The van der Waals surface area contributed by atoms with Gasteiger partial charge in [0.2, 0.25) is 0 Å². The molecule has 7 heteroatoms. The van der Waals surface area contributed by atoms with Crippen LogP contribution in [0, 0.1) is 3.57 Å². The number of ether oxygens (including phenoxy) is 1. The molecule has 0 heterocycles.